The van der Waals surface area contributed by atoms with Gasteiger partial charge in [0.2, 0.25) is 0 Å². The summed E-state index contributed by atoms with van der Waals surface area (Å²) in [6.07, 6.45) is 0.977. The molecule has 3 heterocycles. The molecule has 2 fully saturated rings. The molecular formula is C14H19NO4S2. The van der Waals surface area contributed by atoms with Crippen molar-refractivity contribution in [1.82, 2.24) is 4.90 Å². The zero-order chi connectivity index (χ0) is 15.1. The predicted molar refractivity (Wildman–Crippen MR) is 81.5 cm³/mol. The molecule has 1 spiro atoms. The Hall–Kier alpha value is -0.920. The number of carbonyl (C=O) groups excluding carboxylic acids is 1. The molecule has 1 aromatic heterocycles. The van der Waals surface area contributed by atoms with Crippen molar-refractivity contribution in [2.24, 2.45) is 0 Å². The molecule has 1 aromatic rings. The molecule has 0 unspecified atom stereocenters. The van der Waals surface area contributed by atoms with E-state index in [1.165, 1.54) is 11.3 Å². The molecule has 0 bridgehead atoms. The maximum atomic E-state index is 12.5. The van der Waals surface area contributed by atoms with Crippen LogP contribution in [0.4, 0.5) is 0 Å². The molecule has 21 heavy (non-hydrogen) atoms. The van der Waals surface area contributed by atoms with Gasteiger partial charge in [0.05, 0.1) is 35.1 Å². The van der Waals surface area contributed by atoms with E-state index in [4.69, 9.17) is 4.74 Å². The third-order valence-electron chi connectivity index (χ3n) is 4.22. The molecule has 2 saturated heterocycles. The number of thiophene rings is 1. The second kappa shape index (κ2) is 5.37. The number of hydrogen-bond acceptors (Lipinski definition) is 5. The maximum Gasteiger partial charge on any atom is 0.264 e. The molecular weight excluding hydrogens is 310 g/mol. The van der Waals surface area contributed by atoms with E-state index in [-0.39, 0.29) is 17.4 Å². The molecule has 0 radical (unpaired) electrons. The molecule has 0 atom stereocenters. The number of nitrogens with zero attached hydrogens (tertiary/aromatic N) is 1. The highest BCUT2D eigenvalue weighted by atomic mass is 32.2. The SMILES string of the molecule is Cc1ccc(C(=O)N2CCOC3(CCS(=O)(=O)CC3)C2)s1. The Morgan fingerprint density at radius 3 is 2.67 bits per heavy atom. The lowest BCUT2D eigenvalue weighted by Gasteiger charge is -2.44. The third kappa shape index (κ3) is 3.14. The maximum absolute atomic E-state index is 12.5. The average molecular weight is 329 g/mol. The number of aryl methyl sites for hydroxylation is 1. The molecule has 3 rings (SSSR count). The van der Waals surface area contributed by atoms with Gasteiger partial charge in [-0.2, -0.15) is 0 Å². The zero-order valence-corrected chi connectivity index (χ0v) is 13.6. The fourth-order valence-corrected chi connectivity index (χ4v) is 5.34. The molecule has 116 valence electrons. The molecule has 2 aliphatic heterocycles. The number of ether oxygens (including phenoxy) is 1. The van der Waals surface area contributed by atoms with E-state index in [0.29, 0.717) is 32.5 Å². The van der Waals surface area contributed by atoms with Crippen LogP contribution in [0.2, 0.25) is 0 Å². The Balaban J connectivity index is 1.73. The van der Waals surface area contributed by atoms with Crippen LogP contribution in [-0.4, -0.2) is 56.0 Å². The summed E-state index contributed by atoms with van der Waals surface area (Å²) >= 11 is 1.50. The Morgan fingerprint density at radius 1 is 1.33 bits per heavy atom. The average Bonchev–Trinajstić information content (AvgIpc) is 2.89. The van der Waals surface area contributed by atoms with Crippen molar-refractivity contribution in [1.29, 1.82) is 0 Å². The fraction of sp³-hybridized carbons (Fsp3) is 0.643. The van der Waals surface area contributed by atoms with E-state index in [0.717, 1.165) is 9.75 Å². The zero-order valence-electron chi connectivity index (χ0n) is 12.0. The van der Waals surface area contributed by atoms with Crippen LogP contribution in [0.25, 0.3) is 0 Å². The number of carbonyl (C=O) groups is 1. The van der Waals surface area contributed by atoms with Gasteiger partial charge < -0.3 is 9.64 Å². The first-order valence-electron chi connectivity index (χ1n) is 7.09. The third-order valence-corrected chi connectivity index (χ3v) is 6.87. The summed E-state index contributed by atoms with van der Waals surface area (Å²) in [6.45, 7) is 3.53. The van der Waals surface area contributed by atoms with Gasteiger partial charge in [0.1, 0.15) is 0 Å². The van der Waals surface area contributed by atoms with Gasteiger partial charge in [-0.15, -0.1) is 11.3 Å². The van der Waals surface area contributed by atoms with Gasteiger partial charge in [0.25, 0.3) is 5.91 Å². The summed E-state index contributed by atoms with van der Waals surface area (Å²) in [5.41, 5.74) is -0.467. The first kappa shape index (κ1) is 15.0. The molecule has 0 aromatic carbocycles. The van der Waals surface area contributed by atoms with Crippen molar-refractivity contribution < 1.29 is 17.9 Å². The van der Waals surface area contributed by atoms with E-state index in [1.54, 1.807) is 0 Å². The summed E-state index contributed by atoms with van der Waals surface area (Å²) in [5, 5.41) is 0. The van der Waals surface area contributed by atoms with Gasteiger partial charge in [-0.3, -0.25) is 4.79 Å². The fourth-order valence-electron chi connectivity index (χ4n) is 2.94. The van der Waals surface area contributed by atoms with Crippen molar-refractivity contribution in [2.75, 3.05) is 31.2 Å². The van der Waals surface area contributed by atoms with Gasteiger partial charge in [-0.25, -0.2) is 8.42 Å². The molecule has 0 aliphatic carbocycles. The van der Waals surface area contributed by atoms with Crippen LogP contribution in [0.1, 0.15) is 27.4 Å². The van der Waals surface area contributed by atoms with Gasteiger partial charge in [0.15, 0.2) is 9.84 Å². The second-order valence-electron chi connectivity index (χ2n) is 5.82. The highest BCUT2D eigenvalue weighted by molar-refractivity contribution is 7.91. The summed E-state index contributed by atoms with van der Waals surface area (Å²) in [5.74, 6) is 0.351. The van der Waals surface area contributed by atoms with Gasteiger partial charge >= 0.3 is 0 Å². The van der Waals surface area contributed by atoms with Crippen LogP contribution in [-0.2, 0) is 14.6 Å². The number of hydrogen-bond donors (Lipinski definition) is 0. The minimum atomic E-state index is -2.93. The van der Waals surface area contributed by atoms with Crippen molar-refractivity contribution in [2.45, 2.75) is 25.4 Å². The minimum absolute atomic E-state index is 0.0317. The van der Waals surface area contributed by atoms with Crippen LogP contribution >= 0.6 is 11.3 Å². The lowest BCUT2D eigenvalue weighted by atomic mass is 9.94. The quantitative estimate of drug-likeness (QED) is 0.783. The standard InChI is InChI=1S/C14H19NO4S2/c1-11-2-3-12(20-11)13(16)15-6-7-19-14(10-15)4-8-21(17,18)9-5-14/h2-3H,4-10H2,1H3. The first-order valence-corrected chi connectivity index (χ1v) is 9.73. The Morgan fingerprint density at radius 2 is 2.05 bits per heavy atom. The number of rotatable bonds is 1. The van der Waals surface area contributed by atoms with Crippen LogP contribution in [0, 0.1) is 6.92 Å². The Kier molecular flexibility index (Phi) is 3.83. The van der Waals surface area contributed by atoms with Gasteiger partial charge in [-0.1, -0.05) is 0 Å². The second-order valence-corrected chi connectivity index (χ2v) is 9.41. The molecule has 2 aliphatic rings. The normalized spacial score (nSPS) is 24.1. The molecule has 5 nitrogen and oxygen atoms in total. The summed E-state index contributed by atoms with van der Waals surface area (Å²) in [4.78, 5) is 16.2. The number of amides is 1. The van der Waals surface area contributed by atoms with E-state index in [2.05, 4.69) is 0 Å². The largest absolute Gasteiger partial charge is 0.371 e. The van der Waals surface area contributed by atoms with Crippen LogP contribution in [0.3, 0.4) is 0 Å². The van der Waals surface area contributed by atoms with Crippen molar-refractivity contribution in [3.05, 3.63) is 21.9 Å². The monoisotopic (exact) mass is 329 g/mol. The highest BCUT2D eigenvalue weighted by Crippen LogP contribution is 2.32. The minimum Gasteiger partial charge on any atom is -0.371 e. The van der Waals surface area contributed by atoms with Gasteiger partial charge in [-0.05, 0) is 31.9 Å². The summed E-state index contributed by atoms with van der Waals surface area (Å²) in [7, 11) is -2.93. The van der Waals surface area contributed by atoms with Crippen LogP contribution < -0.4 is 0 Å². The topological polar surface area (TPSA) is 63.7 Å². The van der Waals surface area contributed by atoms with E-state index in [1.807, 2.05) is 24.0 Å². The smallest absolute Gasteiger partial charge is 0.264 e. The molecule has 0 saturated carbocycles. The highest BCUT2D eigenvalue weighted by Gasteiger charge is 2.43. The van der Waals surface area contributed by atoms with Gasteiger partial charge in [0, 0.05) is 11.4 Å². The Labute approximate surface area is 128 Å². The lowest BCUT2D eigenvalue weighted by molar-refractivity contribution is -0.104. The van der Waals surface area contributed by atoms with E-state index < -0.39 is 15.4 Å². The first-order chi connectivity index (χ1) is 9.89. The van der Waals surface area contributed by atoms with Crippen molar-refractivity contribution in [3.63, 3.8) is 0 Å². The lowest BCUT2D eigenvalue weighted by Crippen LogP contribution is -2.56. The molecule has 1 amide bonds. The summed E-state index contributed by atoms with van der Waals surface area (Å²) < 4.78 is 29.0. The van der Waals surface area contributed by atoms with Crippen LogP contribution in [0.15, 0.2) is 12.1 Å². The van der Waals surface area contributed by atoms with E-state index >= 15 is 0 Å². The molecule has 7 heteroatoms. The van der Waals surface area contributed by atoms with Crippen molar-refractivity contribution in [3.8, 4) is 0 Å². The number of sulfone groups is 1. The summed E-state index contributed by atoms with van der Waals surface area (Å²) in [6, 6.07) is 3.80. The van der Waals surface area contributed by atoms with E-state index in [9.17, 15) is 13.2 Å². The molecule has 0 N–H and O–H groups in total. The number of morpholine rings is 1. The van der Waals surface area contributed by atoms with Crippen molar-refractivity contribution >= 4 is 27.1 Å². The Bertz CT molecular complexity index is 636. The predicted octanol–water partition coefficient (Wildman–Crippen LogP) is 1.48. The van der Waals surface area contributed by atoms with Crippen LogP contribution in [0.5, 0.6) is 0 Å².